The number of carbonyl (C=O) groups is 2. The molecule has 2 aromatic carbocycles. The van der Waals surface area contributed by atoms with Gasteiger partial charge >= 0.3 is 0 Å². The van der Waals surface area contributed by atoms with Crippen molar-refractivity contribution in [3.05, 3.63) is 69.7 Å². The summed E-state index contributed by atoms with van der Waals surface area (Å²) < 4.78 is 12.0. The Balaban J connectivity index is 1.69. The van der Waals surface area contributed by atoms with E-state index in [2.05, 4.69) is 20.8 Å². The van der Waals surface area contributed by atoms with Crippen molar-refractivity contribution in [1.82, 2.24) is 9.80 Å². The lowest BCUT2D eigenvalue weighted by Crippen LogP contribution is -2.42. The van der Waals surface area contributed by atoms with Crippen LogP contribution < -0.4 is 4.74 Å². The first kappa shape index (κ1) is 24.4. The van der Waals surface area contributed by atoms with Gasteiger partial charge in [0.05, 0.1) is 31.4 Å². The maximum Gasteiger partial charge on any atom is 0.295 e. The number of hydrogen-bond donors (Lipinski definition) is 1. The molecule has 0 bridgehead atoms. The smallest absolute Gasteiger partial charge is 0.295 e. The number of nitrogens with zero attached hydrogens (tertiary/aromatic N) is 2. The lowest BCUT2D eigenvalue weighted by atomic mass is 9.95. The van der Waals surface area contributed by atoms with Crippen molar-refractivity contribution in [2.75, 3.05) is 46.0 Å². The van der Waals surface area contributed by atoms with Gasteiger partial charge in [0.25, 0.3) is 11.7 Å². The Bertz CT molecular complexity index is 1050. The molecule has 2 aliphatic rings. The van der Waals surface area contributed by atoms with E-state index in [4.69, 9.17) is 9.47 Å². The van der Waals surface area contributed by atoms with Crippen LogP contribution in [0.5, 0.6) is 5.75 Å². The molecule has 0 saturated carbocycles. The molecule has 2 aromatic rings. The number of aliphatic hydroxyl groups excluding tert-OH is 1. The highest BCUT2D eigenvalue weighted by atomic mass is 79.9. The molecule has 1 atom stereocenters. The molecule has 7 nitrogen and oxygen atoms in total. The number of likely N-dealkylation sites (tertiary alicyclic amines) is 1. The monoisotopic (exact) mass is 528 g/mol. The van der Waals surface area contributed by atoms with Crippen molar-refractivity contribution in [1.29, 1.82) is 0 Å². The summed E-state index contributed by atoms with van der Waals surface area (Å²) in [5, 5.41) is 11.1. The molecule has 2 fully saturated rings. The van der Waals surface area contributed by atoms with E-state index in [1.54, 1.807) is 29.2 Å². The van der Waals surface area contributed by atoms with Crippen molar-refractivity contribution in [3.8, 4) is 5.75 Å². The number of ketones is 1. The quantitative estimate of drug-likeness (QED) is 0.317. The van der Waals surface area contributed by atoms with Gasteiger partial charge in [-0.1, -0.05) is 47.1 Å². The molecule has 2 saturated heterocycles. The average molecular weight is 529 g/mol. The number of morpholine rings is 1. The first-order valence-corrected chi connectivity index (χ1v) is 12.4. The summed E-state index contributed by atoms with van der Waals surface area (Å²) in [4.78, 5) is 30.1. The fourth-order valence-electron chi connectivity index (χ4n) is 4.26. The minimum atomic E-state index is -0.676. The molecule has 1 N–H and O–H groups in total. The highest BCUT2D eigenvalue weighted by Gasteiger charge is 2.46. The molecule has 0 aliphatic carbocycles. The van der Waals surface area contributed by atoms with E-state index in [-0.39, 0.29) is 11.3 Å². The standard InChI is InChI=1S/C26H29BrN2O5/c1-2-15-34-21-9-5-18(6-10-21)23-22(24(30)19-3-7-20(27)8-4-19)25(31)26(32)29(23)12-11-28-13-16-33-17-14-28/h3-10,23,30H,2,11-17H2,1H3/b24-22+. The molecule has 0 radical (unpaired) electrons. The molecule has 2 heterocycles. The molecule has 1 unspecified atom stereocenters. The second-order valence-electron chi connectivity index (χ2n) is 8.37. The maximum absolute atomic E-state index is 13.2. The zero-order valence-electron chi connectivity index (χ0n) is 19.2. The van der Waals surface area contributed by atoms with E-state index >= 15 is 0 Å². The molecule has 0 aromatic heterocycles. The number of benzene rings is 2. The predicted octanol–water partition coefficient (Wildman–Crippen LogP) is 3.99. The van der Waals surface area contributed by atoms with Crippen LogP contribution >= 0.6 is 15.9 Å². The minimum absolute atomic E-state index is 0.108. The Kier molecular flexibility index (Phi) is 8.03. The van der Waals surface area contributed by atoms with Crippen LogP contribution in [-0.2, 0) is 14.3 Å². The summed E-state index contributed by atoms with van der Waals surface area (Å²) in [6, 6.07) is 13.7. The number of hydrogen-bond acceptors (Lipinski definition) is 6. The molecule has 8 heteroatoms. The average Bonchev–Trinajstić information content (AvgIpc) is 3.12. The molecule has 4 rings (SSSR count). The summed E-state index contributed by atoms with van der Waals surface area (Å²) in [5.74, 6) is -0.707. The zero-order chi connectivity index (χ0) is 24.1. The third-order valence-electron chi connectivity index (χ3n) is 6.09. The lowest BCUT2D eigenvalue weighted by Gasteiger charge is -2.31. The van der Waals surface area contributed by atoms with Crippen LogP contribution in [0.4, 0.5) is 0 Å². The summed E-state index contributed by atoms with van der Waals surface area (Å²) in [6.07, 6.45) is 0.899. The van der Waals surface area contributed by atoms with Crippen LogP contribution in [0.25, 0.3) is 5.76 Å². The first-order valence-electron chi connectivity index (χ1n) is 11.6. The Labute approximate surface area is 208 Å². The predicted molar refractivity (Wildman–Crippen MR) is 133 cm³/mol. The molecular weight excluding hydrogens is 500 g/mol. The zero-order valence-corrected chi connectivity index (χ0v) is 20.8. The summed E-state index contributed by atoms with van der Waals surface area (Å²) in [5.41, 5.74) is 1.35. The number of aliphatic hydroxyl groups is 1. The fourth-order valence-corrected chi connectivity index (χ4v) is 4.52. The second-order valence-corrected chi connectivity index (χ2v) is 9.29. The van der Waals surface area contributed by atoms with Crippen molar-refractivity contribution in [3.63, 3.8) is 0 Å². The normalized spacial score (nSPS) is 20.6. The van der Waals surface area contributed by atoms with E-state index in [0.717, 1.165) is 35.3 Å². The van der Waals surface area contributed by atoms with E-state index in [9.17, 15) is 14.7 Å². The van der Waals surface area contributed by atoms with Crippen molar-refractivity contribution < 1.29 is 24.2 Å². The Hall–Kier alpha value is -2.68. The molecule has 34 heavy (non-hydrogen) atoms. The van der Waals surface area contributed by atoms with Crippen LogP contribution in [0.1, 0.15) is 30.5 Å². The fraction of sp³-hybridized carbons (Fsp3) is 0.385. The van der Waals surface area contributed by atoms with Gasteiger partial charge in [0, 0.05) is 36.2 Å². The minimum Gasteiger partial charge on any atom is -0.507 e. The topological polar surface area (TPSA) is 79.3 Å². The van der Waals surface area contributed by atoms with Crippen molar-refractivity contribution in [2.45, 2.75) is 19.4 Å². The molecular formula is C26H29BrN2O5. The van der Waals surface area contributed by atoms with Gasteiger partial charge < -0.3 is 19.5 Å². The highest BCUT2D eigenvalue weighted by molar-refractivity contribution is 9.10. The van der Waals surface area contributed by atoms with E-state index in [1.165, 1.54) is 0 Å². The summed E-state index contributed by atoms with van der Waals surface area (Å²) >= 11 is 3.39. The summed E-state index contributed by atoms with van der Waals surface area (Å²) in [6.45, 7) is 6.55. The van der Waals surface area contributed by atoms with Crippen LogP contribution in [0, 0.1) is 0 Å². The van der Waals surface area contributed by atoms with Crippen LogP contribution in [0.2, 0.25) is 0 Å². The Morgan fingerprint density at radius 1 is 1.06 bits per heavy atom. The largest absolute Gasteiger partial charge is 0.507 e. The second kappa shape index (κ2) is 11.2. The third-order valence-corrected chi connectivity index (χ3v) is 6.62. The number of carbonyl (C=O) groups excluding carboxylic acids is 2. The number of rotatable bonds is 8. The Morgan fingerprint density at radius 3 is 2.38 bits per heavy atom. The van der Waals surface area contributed by atoms with Crippen LogP contribution in [0.15, 0.2) is 58.6 Å². The van der Waals surface area contributed by atoms with Gasteiger partial charge in [-0.05, 0) is 36.2 Å². The molecule has 1 amide bonds. The van der Waals surface area contributed by atoms with E-state index < -0.39 is 17.7 Å². The molecule has 2 aliphatic heterocycles. The molecule has 180 valence electrons. The summed E-state index contributed by atoms with van der Waals surface area (Å²) in [7, 11) is 0. The van der Waals surface area contributed by atoms with Gasteiger partial charge in [-0.15, -0.1) is 0 Å². The van der Waals surface area contributed by atoms with Gasteiger partial charge in [-0.3, -0.25) is 14.5 Å². The number of ether oxygens (including phenoxy) is 2. The van der Waals surface area contributed by atoms with E-state index in [1.807, 2.05) is 31.2 Å². The van der Waals surface area contributed by atoms with Gasteiger partial charge in [0.2, 0.25) is 0 Å². The van der Waals surface area contributed by atoms with Gasteiger partial charge in [-0.25, -0.2) is 0 Å². The maximum atomic E-state index is 13.2. The number of amides is 1. The van der Waals surface area contributed by atoms with Gasteiger partial charge in [0.15, 0.2) is 0 Å². The lowest BCUT2D eigenvalue weighted by molar-refractivity contribution is -0.140. The first-order chi connectivity index (χ1) is 16.5. The number of halogens is 1. The SMILES string of the molecule is CCCOc1ccc(C2/C(=C(\O)c3ccc(Br)cc3)C(=O)C(=O)N2CCN2CCOCC2)cc1. The van der Waals surface area contributed by atoms with Crippen molar-refractivity contribution >= 4 is 33.4 Å². The van der Waals surface area contributed by atoms with Crippen LogP contribution in [0.3, 0.4) is 0 Å². The van der Waals surface area contributed by atoms with Gasteiger partial charge in [0.1, 0.15) is 11.5 Å². The molecule has 0 spiro atoms. The van der Waals surface area contributed by atoms with Crippen molar-refractivity contribution in [2.24, 2.45) is 0 Å². The third kappa shape index (κ3) is 5.35. The number of Topliss-reactive ketones (excluding diaryl/α,β-unsaturated/α-hetero) is 1. The van der Waals surface area contributed by atoms with Crippen LogP contribution in [-0.4, -0.2) is 72.6 Å². The van der Waals surface area contributed by atoms with Gasteiger partial charge in [-0.2, -0.15) is 0 Å². The highest BCUT2D eigenvalue weighted by Crippen LogP contribution is 2.39. The van der Waals surface area contributed by atoms with E-state index in [0.29, 0.717) is 38.5 Å². The Morgan fingerprint density at radius 2 is 1.74 bits per heavy atom.